The van der Waals surface area contributed by atoms with Gasteiger partial charge in [-0.05, 0) is 13.0 Å². The van der Waals surface area contributed by atoms with Gasteiger partial charge in [-0.25, -0.2) is 0 Å². The number of rotatable bonds is 1. The first-order valence-electron chi connectivity index (χ1n) is 2.26. The molecule has 0 N–H and O–H groups in total. The summed E-state index contributed by atoms with van der Waals surface area (Å²) in [5.74, 6) is 0. The van der Waals surface area contributed by atoms with Crippen molar-refractivity contribution >= 4 is 16.3 Å². The summed E-state index contributed by atoms with van der Waals surface area (Å²) in [7, 11) is 0. The lowest BCUT2D eigenvalue weighted by molar-refractivity contribution is -0.380. The molecule has 3 nitrogen and oxygen atoms in total. The lowest BCUT2D eigenvalue weighted by Crippen LogP contribution is -1.80. The van der Waals surface area contributed by atoms with Gasteiger partial charge in [0, 0.05) is 10.9 Å². The number of thiophene rings is 1. The minimum atomic E-state index is -0.417. The third kappa shape index (κ3) is 1.26. The Kier molecular flexibility index (Phi) is 1.48. The first-order valence-corrected chi connectivity index (χ1v) is 3.08. The molecule has 0 aliphatic rings. The first kappa shape index (κ1) is 6.22. The summed E-state index contributed by atoms with van der Waals surface area (Å²) in [5.41, 5.74) is 0. The van der Waals surface area contributed by atoms with E-state index in [1.165, 1.54) is 6.07 Å². The number of nitrogens with zero attached hydrogens (tertiary/aromatic N) is 1. The molecule has 0 saturated heterocycles. The van der Waals surface area contributed by atoms with E-state index in [1.54, 1.807) is 6.07 Å². The molecule has 0 spiro atoms. The summed E-state index contributed by atoms with van der Waals surface area (Å²) in [6.45, 7) is 3.54. The largest absolute Gasteiger partial charge is 0.324 e. The van der Waals surface area contributed by atoms with Gasteiger partial charge in [0.1, 0.15) is 0 Å². The highest BCUT2D eigenvalue weighted by molar-refractivity contribution is 7.15. The molecule has 0 bridgehead atoms. The Morgan fingerprint density at radius 2 is 2.33 bits per heavy atom. The molecular weight excluding hydrogens is 138 g/mol. The first-order chi connectivity index (χ1) is 4.20. The van der Waals surface area contributed by atoms with Gasteiger partial charge < -0.3 is 0 Å². The third-order valence-electron chi connectivity index (χ3n) is 0.827. The monoisotopic (exact) mass is 142 g/mol. The van der Waals surface area contributed by atoms with Crippen molar-refractivity contribution in [2.24, 2.45) is 0 Å². The van der Waals surface area contributed by atoms with Crippen LogP contribution in [0.4, 0.5) is 5.00 Å². The van der Waals surface area contributed by atoms with Crippen LogP contribution in [0.2, 0.25) is 0 Å². The Balaban J connectivity index is 2.98. The van der Waals surface area contributed by atoms with Crippen LogP contribution in [0.25, 0.3) is 0 Å². The molecule has 0 aliphatic heterocycles. The van der Waals surface area contributed by atoms with Gasteiger partial charge >= 0.3 is 5.00 Å². The van der Waals surface area contributed by atoms with Gasteiger partial charge in [0.2, 0.25) is 0 Å². The predicted octanol–water partition coefficient (Wildman–Crippen LogP) is 1.84. The molecule has 0 saturated carbocycles. The Bertz CT molecular complexity index is 231. The zero-order valence-electron chi connectivity index (χ0n) is 4.53. The van der Waals surface area contributed by atoms with Gasteiger partial charge in [-0.1, -0.05) is 11.3 Å². The van der Waals surface area contributed by atoms with Crippen molar-refractivity contribution in [1.29, 1.82) is 0 Å². The van der Waals surface area contributed by atoms with Gasteiger partial charge in [0.25, 0.3) is 0 Å². The molecule has 1 rings (SSSR count). The van der Waals surface area contributed by atoms with Crippen LogP contribution in [-0.2, 0) is 0 Å². The molecule has 47 valence electrons. The van der Waals surface area contributed by atoms with E-state index < -0.39 is 4.92 Å². The van der Waals surface area contributed by atoms with Crippen LogP contribution in [0.5, 0.6) is 0 Å². The number of hydrogen-bond acceptors (Lipinski definition) is 3. The Labute approximate surface area is 56.1 Å². The van der Waals surface area contributed by atoms with Crippen LogP contribution < -0.4 is 0 Å². The van der Waals surface area contributed by atoms with Crippen molar-refractivity contribution in [1.82, 2.24) is 0 Å². The fraction of sp³-hybridized carbons (Fsp3) is 0. The number of nitro groups is 1. The van der Waals surface area contributed by atoms with Crippen molar-refractivity contribution in [2.75, 3.05) is 0 Å². The summed E-state index contributed by atoms with van der Waals surface area (Å²) < 4.78 is 0. The van der Waals surface area contributed by atoms with Crippen molar-refractivity contribution < 1.29 is 4.92 Å². The van der Waals surface area contributed by atoms with Crippen LogP contribution in [0.1, 0.15) is 4.88 Å². The maximum Gasteiger partial charge on any atom is 0.324 e. The van der Waals surface area contributed by atoms with Gasteiger partial charge in [-0.3, -0.25) is 10.1 Å². The molecule has 0 aromatic carbocycles. The predicted molar refractivity (Wildman–Crippen MR) is 35.4 cm³/mol. The lowest BCUT2D eigenvalue weighted by atomic mass is 10.5. The summed E-state index contributed by atoms with van der Waals surface area (Å²) in [5, 5.41) is 10.2. The molecular formula is C5H4NO2S. The van der Waals surface area contributed by atoms with Crippen LogP contribution >= 0.6 is 11.3 Å². The Morgan fingerprint density at radius 3 is 2.56 bits per heavy atom. The Hall–Kier alpha value is -0.900. The second-order valence-corrected chi connectivity index (χ2v) is 2.64. The zero-order valence-corrected chi connectivity index (χ0v) is 5.35. The molecule has 1 aromatic heterocycles. The highest BCUT2D eigenvalue weighted by atomic mass is 32.1. The Morgan fingerprint density at radius 1 is 1.67 bits per heavy atom. The van der Waals surface area contributed by atoms with Crippen molar-refractivity contribution in [3.63, 3.8) is 0 Å². The number of hydrogen-bond donors (Lipinski definition) is 0. The van der Waals surface area contributed by atoms with Crippen LogP contribution in [0.15, 0.2) is 12.1 Å². The fourth-order valence-electron chi connectivity index (χ4n) is 0.465. The van der Waals surface area contributed by atoms with Gasteiger partial charge in [-0.2, -0.15) is 0 Å². The summed E-state index contributed by atoms with van der Waals surface area (Å²) >= 11 is 1.09. The van der Waals surface area contributed by atoms with E-state index in [4.69, 9.17) is 0 Å². The molecule has 1 radical (unpaired) electrons. The molecule has 9 heavy (non-hydrogen) atoms. The second kappa shape index (κ2) is 2.14. The van der Waals surface area contributed by atoms with Gasteiger partial charge in [0.05, 0.1) is 4.92 Å². The maximum atomic E-state index is 10.0. The van der Waals surface area contributed by atoms with E-state index in [0.717, 1.165) is 16.2 Å². The molecule has 0 aliphatic carbocycles. The van der Waals surface area contributed by atoms with E-state index in [9.17, 15) is 10.1 Å². The zero-order chi connectivity index (χ0) is 6.85. The van der Waals surface area contributed by atoms with Crippen molar-refractivity contribution in [2.45, 2.75) is 0 Å². The molecule has 0 unspecified atom stereocenters. The van der Waals surface area contributed by atoms with E-state index in [1.807, 2.05) is 0 Å². The standard InChI is InChI=1S/C5H4NO2S/c1-4-2-3-5(9-4)6(7)8/h2-3H,1H2. The minimum Gasteiger partial charge on any atom is -0.258 e. The second-order valence-electron chi connectivity index (χ2n) is 1.50. The SMILES string of the molecule is [CH2]c1ccc([N+](=O)[O-])s1. The average molecular weight is 142 g/mol. The van der Waals surface area contributed by atoms with Gasteiger partial charge in [0.15, 0.2) is 0 Å². The van der Waals surface area contributed by atoms with E-state index in [0.29, 0.717) is 0 Å². The highest BCUT2D eigenvalue weighted by Gasteiger charge is 2.05. The van der Waals surface area contributed by atoms with Crippen LogP contribution in [-0.4, -0.2) is 4.92 Å². The van der Waals surface area contributed by atoms with Crippen LogP contribution in [0.3, 0.4) is 0 Å². The molecule has 0 amide bonds. The normalized spacial score (nSPS) is 9.44. The van der Waals surface area contributed by atoms with E-state index in [-0.39, 0.29) is 5.00 Å². The molecule has 1 aromatic rings. The summed E-state index contributed by atoms with van der Waals surface area (Å²) in [6, 6.07) is 3.08. The van der Waals surface area contributed by atoms with Crippen molar-refractivity contribution in [3.05, 3.63) is 34.0 Å². The lowest BCUT2D eigenvalue weighted by Gasteiger charge is -1.78. The maximum absolute atomic E-state index is 10.0. The molecule has 1 heterocycles. The minimum absolute atomic E-state index is 0.153. The van der Waals surface area contributed by atoms with E-state index >= 15 is 0 Å². The summed E-state index contributed by atoms with van der Waals surface area (Å²) in [4.78, 5) is 10.3. The smallest absolute Gasteiger partial charge is 0.258 e. The molecule has 0 atom stereocenters. The summed E-state index contributed by atoms with van der Waals surface area (Å²) in [6.07, 6.45) is 0. The van der Waals surface area contributed by atoms with Gasteiger partial charge in [-0.15, -0.1) is 0 Å². The molecule has 4 heteroatoms. The van der Waals surface area contributed by atoms with Crippen LogP contribution in [0, 0.1) is 17.0 Å². The topological polar surface area (TPSA) is 43.1 Å². The third-order valence-corrected chi connectivity index (χ3v) is 1.72. The molecule has 0 fully saturated rings. The fourth-order valence-corrected chi connectivity index (χ4v) is 1.08. The quantitative estimate of drug-likeness (QED) is 0.443. The van der Waals surface area contributed by atoms with Crippen molar-refractivity contribution in [3.8, 4) is 0 Å². The van der Waals surface area contributed by atoms with E-state index in [2.05, 4.69) is 6.92 Å². The average Bonchev–Trinajstić information content (AvgIpc) is 2.14. The highest BCUT2D eigenvalue weighted by Crippen LogP contribution is 2.22.